The molecule has 1 unspecified atom stereocenters. The van der Waals surface area contributed by atoms with E-state index in [1.807, 2.05) is 13.0 Å². The molecule has 0 radical (unpaired) electrons. The Labute approximate surface area is 102 Å². The van der Waals surface area contributed by atoms with Crippen LogP contribution < -0.4 is 10.6 Å². The van der Waals surface area contributed by atoms with Gasteiger partial charge in [0.15, 0.2) is 5.15 Å². The number of piperidine rings is 1. The zero-order valence-electron chi connectivity index (χ0n) is 9.59. The molecule has 0 saturated carbocycles. The fourth-order valence-corrected chi connectivity index (χ4v) is 2.18. The van der Waals surface area contributed by atoms with E-state index in [0.717, 1.165) is 24.3 Å². The van der Waals surface area contributed by atoms with Crippen molar-refractivity contribution < 1.29 is 0 Å². The van der Waals surface area contributed by atoms with Crippen LogP contribution in [0.3, 0.4) is 0 Å². The highest BCUT2D eigenvalue weighted by Gasteiger charge is 2.12. The Bertz CT molecular complexity index is 348. The van der Waals surface area contributed by atoms with Crippen LogP contribution in [0.1, 0.15) is 24.8 Å². The summed E-state index contributed by atoms with van der Waals surface area (Å²) >= 11 is 6.02. The van der Waals surface area contributed by atoms with Gasteiger partial charge >= 0.3 is 0 Å². The van der Waals surface area contributed by atoms with E-state index in [4.69, 9.17) is 11.6 Å². The lowest BCUT2D eigenvalue weighted by Gasteiger charge is -2.24. The summed E-state index contributed by atoms with van der Waals surface area (Å²) in [6, 6.07) is 2.60. The maximum atomic E-state index is 6.02. The second-order valence-corrected chi connectivity index (χ2v) is 4.74. The smallest absolute Gasteiger partial charge is 0.152 e. The number of hydrogen-bond donors (Lipinski definition) is 2. The average molecular weight is 240 g/mol. The molecule has 1 aliphatic rings. The molecule has 1 aromatic rings. The van der Waals surface area contributed by atoms with Crippen LogP contribution in [0, 0.1) is 6.92 Å². The molecule has 1 saturated heterocycles. The number of rotatable bonds is 3. The Kier molecular flexibility index (Phi) is 4.02. The van der Waals surface area contributed by atoms with Crippen molar-refractivity contribution >= 4 is 17.3 Å². The topological polar surface area (TPSA) is 37.0 Å². The Morgan fingerprint density at radius 3 is 3.19 bits per heavy atom. The zero-order chi connectivity index (χ0) is 11.4. The highest BCUT2D eigenvalue weighted by atomic mass is 35.5. The molecule has 0 bridgehead atoms. The van der Waals surface area contributed by atoms with Gasteiger partial charge in [-0.3, -0.25) is 0 Å². The molecule has 0 aliphatic carbocycles. The number of nitrogens with zero attached hydrogens (tertiary/aromatic N) is 1. The number of halogens is 1. The SMILES string of the molecule is Cc1cnc(Cl)c(NCC2CCCCN2)c1. The number of pyridine rings is 1. The molecule has 0 aromatic carbocycles. The highest BCUT2D eigenvalue weighted by Crippen LogP contribution is 2.20. The molecule has 1 aromatic heterocycles. The molecular formula is C12H18ClN3. The van der Waals surface area contributed by atoms with Crippen molar-refractivity contribution in [1.82, 2.24) is 10.3 Å². The summed E-state index contributed by atoms with van der Waals surface area (Å²) in [5, 5.41) is 7.42. The van der Waals surface area contributed by atoms with Crippen LogP contribution in [0.15, 0.2) is 12.3 Å². The van der Waals surface area contributed by atoms with Crippen molar-refractivity contribution in [2.45, 2.75) is 32.2 Å². The molecule has 1 aliphatic heterocycles. The van der Waals surface area contributed by atoms with Gasteiger partial charge < -0.3 is 10.6 Å². The summed E-state index contributed by atoms with van der Waals surface area (Å²) in [5.74, 6) is 0. The minimum Gasteiger partial charge on any atom is -0.381 e. The lowest BCUT2D eigenvalue weighted by Crippen LogP contribution is -2.39. The van der Waals surface area contributed by atoms with Crippen LogP contribution in [0.25, 0.3) is 0 Å². The molecule has 2 heterocycles. The third-order valence-electron chi connectivity index (χ3n) is 2.93. The van der Waals surface area contributed by atoms with E-state index < -0.39 is 0 Å². The Hall–Kier alpha value is -0.800. The first kappa shape index (κ1) is 11.7. The molecule has 1 atom stereocenters. The third kappa shape index (κ3) is 3.09. The van der Waals surface area contributed by atoms with Gasteiger partial charge in [-0.2, -0.15) is 0 Å². The molecule has 3 nitrogen and oxygen atoms in total. The minimum absolute atomic E-state index is 0.557. The van der Waals surface area contributed by atoms with E-state index in [-0.39, 0.29) is 0 Å². The molecule has 0 spiro atoms. The molecule has 1 fully saturated rings. The van der Waals surface area contributed by atoms with Crippen molar-refractivity contribution in [3.05, 3.63) is 23.0 Å². The van der Waals surface area contributed by atoms with Crippen molar-refractivity contribution in [1.29, 1.82) is 0 Å². The highest BCUT2D eigenvalue weighted by molar-refractivity contribution is 6.31. The van der Waals surface area contributed by atoms with Gasteiger partial charge in [0.2, 0.25) is 0 Å². The predicted molar refractivity (Wildman–Crippen MR) is 68.1 cm³/mol. The summed E-state index contributed by atoms with van der Waals surface area (Å²) in [4.78, 5) is 4.12. The van der Waals surface area contributed by atoms with Crippen LogP contribution in [-0.2, 0) is 0 Å². The van der Waals surface area contributed by atoms with Gasteiger partial charge in [0.05, 0.1) is 5.69 Å². The van der Waals surface area contributed by atoms with Crippen LogP contribution >= 0.6 is 11.6 Å². The maximum absolute atomic E-state index is 6.02. The lowest BCUT2D eigenvalue weighted by molar-refractivity contribution is 0.414. The maximum Gasteiger partial charge on any atom is 0.152 e. The van der Waals surface area contributed by atoms with Crippen molar-refractivity contribution in [3.63, 3.8) is 0 Å². The summed E-state index contributed by atoms with van der Waals surface area (Å²) < 4.78 is 0. The van der Waals surface area contributed by atoms with Crippen molar-refractivity contribution in [3.8, 4) is 0 Å². The average Bonchev–Trinajstić information content (AvgIpc) is 2.32. The number of aryl methyl sites for hydroxylation is 1. The monoisotopic (exact) mass is 239 g/mol. The van der Waals surface area contributed by atoms with Crippen LogP contribution in [0.5, 0.6) is 0 Å². The molecular weight excluding hydrogens is 222 g/mol. The molecule has 16 heavy (non-hydrogen) atoms. The molecule has 88 valence electrons. The van der Waals surface area contributed by atoms with E-state index in [9.17, 15) is 0 Å². The Balaban J connectivity index is 1.90. The van der Waals surface area contributed by atoms with E-state index in [2.05, 4.69) is 15.6 Å². The summed E-state index contributed by atoms with van der Waals surface area (Å²) in [7, 11) is 0. The largest absolute Gasteiger partial charge is 0.381 e. The first-order chi connectivity index (χ1) is 7.75. The van der Waals surface area contributed by atoms with Gasteiger partial charge in [-0.15, -0.1) is 0 Å². The molecule has 0 amide bonds. The van der Waals surface area contributed by atoms with E-state index >= 15 is 0 Å². The molecule has 4 heteroatoms. The fraction of sp³-hybridized carbons (Fsp3) is 0.583. The number of anilines is 1. The van der Waals surface area contributed by atoms with Crippen LogP contribution in [0.4, 0.5) is 5.69 Å². The molecule has 2 rings (SSSR count). The van der Waals surface area contributed by atoms with Gasteiger partial charge in [0, 0.05) is 18.8 Å². The Morgan fingerprint density at radius 1 is 1.56 bits per heavy atom. The number of nitrogens with one attached hydrogen (secondary N) is 2. The summed E-state index contributed by atoms with van der Waals surface area (Å²) in [6.45, 7) is 4.07. The summed E-state index contributed by atoms with van der Waals surface area (Å²) in [6.07, 6.45) is 5.64. The van der Waals surface area contributed by atoms with Gasteiger partial charge in [-0.25, -0.2) is 4.98 Å². The van der Waals surface area contributed by atoms with Gasteiger partial charge in [-0.1, -0.05) is 18.0 Å². The second-order valence-electron chi connectivity index (χ2n) is 4.38. The van der Waals surface area contributed by atoms with Gasteiger partial charge in [-0.05, 0) is 37.9 Å². The first-order valence-electron chi connectivity index (χ1n) is 5.85. The molecule has 2 N–H and O–H groups in total. The third-order valence-corrected chi connectivity index (χ3v) is 3.23. The van der Waals surface area contributed by atoms with Crippen molar-refractivity contribution in [2.75, 3.05) is 18.4 Å². The Morgan fingerprint density at radius 2 is 2.44 bits per heavy atom. The standard InChI is InChI=1S/C12H18ClN3/c1-9-6-11(12(13)16-7-9)15-8-10-4-2-3-5-14-10/h6-7,10,14-15H,2-5,8H2,1H3. The van der Waals surface area contributed by atoms with Crippen molar-refractivity contribution in [2.24, 2.45) is 0 Å². The van der Waals surface area contributed by atoms with Crippen LogP contribution in [0.2, 0.25) is 5.15 Å². The minimum atomic E-state index is 0.557. The van der Waals surface area contributed by atoms with Gasteiger partial charge in [0.1, 0.15) is 0 Å². The normalized spacial score (nSPS) is 20.8. The summed E-state index contributed by atoms with van der Waals surface area (Å²) in [5.41, 5.74) is 2.07. The zero-order valence-corrected chi connectivity index (χ0v) is 10.3. The van der Waals surface area contributed by atoms with E-state index in [1.165, 1.54) is 19.3 Å². The van der Waals surface area contributed by atoms with E-state index in [1.54, 1.807) is 6.20 Å². The van der Waals surface area contributed by atoms with Gasteiger partial charge in [0.25, 0.3) is 0 Å². The van der Waals surface area contributed by atoms with E-state index in [0.29, 0.717) is 11.2 Å². The number of hydrogen-bond acceptors (Lipinski definition) is 3. The fourth-order valence-electron chi connectivity index (χ4n) is 2.01. The van der Waals surface area contributed by atoms with Crippen LogP contribution in [-0.4, -0.2) is 24.1 Å². The predicted octanol–water partition coefficient (Wildman–Crippen LogP) is 2.60. The quantitative estimate of drug-likeness (QED) is 0.797. The first-order valence-corrected chi connectivity index (χ1v) is 6.23. The second kappa shape index (κ2) is 5.51. The number of aromatic nitrogens is 1. The lowest BCUT2D eigenvalue weighted by atomic mass is 10.1.